The molecule has 1 aliphatic rings. The zero-order valence-corrected chi connectivity index (χ0v) is 11.8. The summed E-state index contributed by atoms with van der Waals surface area (Å²) >= 11 is 0. The van der Waals surface area contributed by atoms with E-state index in [9.17, 15) is 4.79 Å². The molecule has 8 nitrogen and oxygen atoms in total. The molecule has 0 saturated heterocycles. The molecule has 0 saturated carbocycles. The maximum Gasteiger partial charge on any atom is 0.409 e. The Morgan fingerprint density at radius 2 is 2.00 bits per heavy atom. The highest BCUT2D eigenvalue weighted by molar-refractivity contribution is 5.75. The number of amides is 1. The minimum atomic E-state index is -0.545. The first-order chi connectivity index (χ1) is 10.6. The molecule has 1 aromatic carbocycles. The van der Waals surface area contributed by atoms with Crippen molar-refractivity contribution >= 4 is 23.3 Å². The van der Waals surface area contributed by atoms with Crippen LogP contribution in [0.15, 0.2) is 36.4 Å². The third kappa shape index (κ3) is 2.95. The molecule has 114 valence electrons. The number of rotatable bonds is 3. The number of pyridine rings is 1. The number of hydrogen-bond donors (Lipinski definition) is 4. The Hall–Kier alpha value is -3.16. The highest BCUT2D eigenvalue weighted by Crippen LogP contribution is 2.30. The summed E-state index contributed by atoms with van der Waals surface area (Å²) in [4.78, 5) is 15.5. The van der Waals surface area contributed by atoms with Crippen molar-refractivity contribution in [1.29, 1.82) is 0 Å². The van der Waals surface area contributed by atoms with Crippen molar-refractivity contribution in [2.75, 3.05) is 23.5 Å². The highest BCUT2D eigenvalue weighted by Gasteiger charge is 2.22. The Bertz CT molecular complexity index is 689. The van der Waals surface area contributed by atoms with Gasteiger partial charge < -0.3 is 25.8 Å². The van der Waals surface area contributed by atoms with E-state index >= 15 is 0 Å². The van der Waals surface area contributed by atoms with Crippen molar-refractivity contribution in [1.82, 2.24) is 10.3 Å². The van der Waals surface area contributed by atoms with E-state index in [-0.39, 0.29) is 0 Å². The van der Waals surface area contributed by atoms with Crippen molar-refractivity contribution in [3.8, 4) is 11.6 Å². The number of nitrogens with one attached hydrogen (secondary N) is 3. The number of fused-ring (bicyclic) bond motifs is 1. The monoisotopic (exact) mass is 301 g/mol. The lowest BCUT2D eigenvalue weighted by molar-refractivity contribution is 0.169. The second-order valence-corrected chi connectivity index (χ2v) is 4.57. The third-order valence-corrected chi connectivity index (χ3v) is 3.00. The van der Waals surface area contributed by atoms with E-state index in [2.05, 4.69) is 25.7 Å². The molecule has 1 aliphatic heterocycles. The predicted molar refractivity (Wildman–Crippen MR) is 81.7 cm³/mol. The fourth-order valence-electron chi connectivity index (χ4n) is 1.96. The summed E-state index contributed by atoms with van der Waals surface area (Å²) < 4.78 is 10.2. The lowest BCUT2D eigenvalue weighted by Crippen LogP contribution is -2.42. The molecule has 1 amide bonds. The molecule has 1 aromatic heterocycles. The molecule has 0 fully saturated rings. The van der Waals surface area contributed by atoms with Gasteiger partial charge in [0.1, 0.15) is 5.75 Å². The number of nitrogens with two attached hydrogens (primary N) is 1. The SMILES string of the molecule is COC(=O)NC1Nc2ccc(Oc3ccc(N)cc3)nc2N1. The summed E-state index contributed by atoms with van der Waals surface area (Å²) in [6, 6.07) is 10.6. The predicted octanol–water partition coefficient (Wildman–Crippen LogP) is 1.93. The van der Waals surface area contributed by atoms with Gasteiger partial charge in [0.2, 0.25) is 5.88 Å². The van der Waals surface area contributed by atoms with E-state index in [1.807, 2.05) is 0 Å². The number of alkyl carbamates (subject to hydrolysis) is 1. The number of aromatic nitrogens is 1. The summed E-state index contributed by atoms with van der Waals surface area (Å²) in [7, 11) is 1.30. The lowest BCUT2D eigenvalue weighted by Gasteiger charge is -2.12. The number of carbonyl (C=O) groups excluding carboxylic acids is 1. The van der Waals surface area contributed by atoms with Gasteiger partial charge in [0.05, 0.1) is 12.8 Å². The zero-order chi connectivity index (χ0) is 15.5. The van der Waals surface area contributed by atoms with E-state index in [1.165, 1.54) is 7.11 Å². The second kappa shape index (κ2) is 5.68. The van der Waals surface area contributed by atoms with Crippen LogP contribution in [-0.2, 0) is 4.74 Å². The first-order valence-electron chi connectivity index (χ1n) is 6.56. The van der Waals surface area contributed by atoms with Gasteiger partial charge in [-0.1, -0.05) is 0 Å². The normalized spacial score (nSPS) is 15.2. The molecule has 1 unspecified atom stereocenters. The zero-order valence-electron chi connectivity index (χ0n) is 11.8. The molecule has 0 radical (unpaired) electrons. The maximum absolute atomic E-state index is 11.2. The summed E-state index contributed by atoms with van der Waals surface area (Å²) in [5.74, 6) is 1.64. The Kier molecular flexibility index (Phi) is 3.57. The molecule has 1 atom stereocenters. The number of hydrogen-bond acceptors (Lipinski definition) is 7. The standard InChI is InChI=1S/C14H15N5O3/c1-21-14(20)19-13-16-10-6-7-11(17-12(10)18-13)22-9-4-2-8(15)3-5-9/h2-7,13,16H,15H2,1H3,(H,17,18)(H,19,20). The van der Waals surface area contributed by atoms with E-state index in [0.29, 0.717) is 23.1 Å². The van der Waals surface area contributed by atoms with Crippen molar-refractivity contribution in [2.45, 2.75) is 6.29 Å². The van der Waals surface area contributed by atoms with E-state index in [1.54, 1.807) is 36.4 Å². The number of ether oxygens (including phenoxy) is 2. The van der Waals surface area contributed by atoms with Crippen molar-refractivity contribution in [3.05, 3.63) is 36.4 Å². The van der Waals surface area contributed by atoms with Gasteiger partial charge >= 0.3 is 6.09 Å². The van der Waals surface area contributed by atoms with Crippen molar-refractivity contribution < 1.29 is 14.3 Å². The Labute approximate surface area is 126 Å². The number of benzene rings is 1. The molecule has 2 aromatic rings. The van der Waals surface area contributed by atoms with Gasteiger partial charge in [-0.3, -0.25) is 5.32 Å². The fourth-order valence-corrected chi connectivity index (χ4v) is 1.96. The van der Waals surface area contributed by atoms with Crippen LogP contribution >= 0.6 is 0 Å². The summed E-state index contributed by atoms with van der Waals surface area (Å²) in [5, 5.41) is 8.61. The van der Waals surface area contributed by atoms with E-state index in [4.69, 9.17) is 10.5 Å². The molecule has 8 heteroatoms. The van der Waals surface area contributed by atoms with E-state index in [0.717, 1.165) is 5.69 Å². The summed E-state index contributed by atoms with van der Waals surface area (Å²) in [5.41, 5.74) is 7.05. The minimum absolute atomic E-state index is 0.427. The van der Waals surface area contributed by atoms with Gasteiger partial charge in [-0.2, -0.15) is 4.98 Å². The van der Waals surface area contributed by atoms with Crippen LogP contribution in [0.2, 0.25) is 0 Å². The first-order valence-corrected chi connectivity index (χ1v) is 6.56. The molecule has 0 aliphatic carbocycles. The van der Waals surface area contributed by atoms with Crippen LogP contribution in [0.5, 0.6) is 11.6 Å². The van der Waals surface area contributed by atoms with Gasteiger partial charge in [-0.05, 0) is 30.3 Å². The average molecular weight is 301 g/mol. The lowest BCUT2D eigenvalue weighted by atomic mass is 10.3. The Balaban J connectivity index is 1.69. The van der Waals surface area contributed by atoms with Crippen LogP contribution in [0.25, 0.3) is 0 Å². The van der Waals surface area contributed by atoms with Gasteiger partial charge in [-0.25, -0.2) is 4.79 Å². The van der Waals surface area contributed by atoms with Crippen LogP contribution in [0.1, 0.15) is 0 Å². The number of nitrogen functional groups attached to an aromatic ring is 1. The Morgan fingerprint density at radius 1 is 1.23 bits per heavy atom. The Morgan fingerprint density at radius 3 is 2.73 bits per heavy atom. The highest BCUT2D eigenvalue weighted by atomic mass is 16.5. The topological polar surface area (TPSA) is 111 Å². The van der Waals surface area contributed by atoms with E-state index < -0.39 is 12.4 Å². The molecular formula is C14H15N5O3. The fraction of sp³-hybridized carbons (Fsp3) is 0.143. The van der Waals surface area contributed by atoms with Gasteiger partial charge in [0, 0.05) is 11.8 Å². The second-order valence-electron chi connectivity index (χ2n) is 4.57. The number of carbonyl (C=O) groups is 1. The van der Waals surface area contributed by atoms with Gasteiger partial charge in [0.15, 0.2) is 12.1 Å². The number of anilines is 3. The van der Waals surface area contributed by atoms with Crippen LogP contribution in [-0.4, -0.2) is 24.5 Å². The van der Waals surface area contributed by atoms with Crippen LogP contribution in [0.4, 0.5) is 22.0 Å². The minimum Gasteiger partial charge on any atom is -0.453 e. The summed E-state index contributed by atoms with van der Waals surface area (Å²) in [6.45, 7) is 0. The molecule has 2 heterocycles. The van der Waals surface area contributed by atoms with Crippen LogP contribution in [0, 0.1) is 0 Å². The van der Waals surface area contributed by atoms with Crippen LogP contribution < -0.4 is 26.4 Å². The molecule has 3 rings (SSSR count). The largest absolute Gasteiger partial charge is 0.453 e. The number of nitrogens with zero attached hydrogens (tertiary/aromatic N) is 1. The average Bonchev–Trinajstić information content (AvgIpc) is 2.91. The molecule has 0 bridgehead atoms. The van der Waals surface area contributed by atoms with Crippen LogP contribution in [0.3, 0.4) is 0 Å². The molecule has 22 heavy (non-hydrogen) atoms. The van der Waals surface area contributed by atoms with Crippen molar-refractivity contribution in [3.63, 3.8) is 0 Å². The van der Waals surface area contributed by atoms with Gasteiger partial charge in [0.25, 0.3) is 0 Å². The van der Waals surface area contributed by atoms with Gasteiger partial charge in [-0.15, -0.1) is 0 Å². The molecule has 0 spiro atoms. The maximum atomic E-state index is 11.2. The third-order valence-electron chi connectivity index (χ3n) is 3.00. The molecule has 5 N–H and O–H groups in total. The summed E-state index contributed by atoms with van der Waals surface area (Å²) in [6.07, 6.45) is -1.03. The van der Waals surface area contributed by atoms with Crippen molar-refractivity contribution in [2.24, 2.45) is 0 Å². The molecular weight excluding hydrogens is 286 g/mol. The first kappa shape index (κ1) is 13.8. The quantitative estimate of drug-likeness (QED) is 0.641. The number of methoxy groups -OCH3 is 1. The smallest absolute Gasteiger partial charge is 0.409 e.